The number of para-hydroxylation sites is 3. The first-order chi connectivity index (χ1) is 26.2. The highest BCUT2D eigenvalue weighted by Gasteiger charge is 2.49. The van der Waals surface area contributed by atoms with E-state index in [1.165, 1.54) is 21.9 Å². The zero-order valence-electron chi connectivity index (χ0n) is 28.8. The predicted octanol–water partition coefficient (Wildman–Crippen LogP) is 12.9. The summed E-state index contributed by atoms with van der Waals surface area (Å²) in [5.41, 5.74) is 11.6. The lowest BCUT2D eigenvalue weighted by Gasteiger charge is -2.33. The summed E-state index contributed by atoms with van der Waals surface area (Å²) in [6, 6.07) is 71.4. The zero-order valence-corrected chi connectivity index (χ0v) is 29.7. The highest BCUT2D eigenvalue weighted by atomic mass is 31.2. The second-order valence-electron chi connectivity index (χ2n) is 13.4. The number of anilines is 4. The standard InChI is InChI=1S/C48H34N3OP/c52-53(42-24-11-4-12-25-42)50(39-19-7-2-8-20-39)47-31-29-38(34-48(47)51(53)40-21-9-3-10-22-40)37-28-30-46-44(33-37)43-26-13-14-27-45(43)49(46)41-23-15-18-36(32-41)35-16-5-1-6-17-35/h1-34H. The van der Waals surface area contributed by atoms with Crippen LogP contribution in [0, 0.1) is 0 Å². The van der Waals surface area contributed by atoms with Gasteiger partial charge in [0.1, 0.15) is 0 Å². The highest BCUT2D eigenvalue weighted by molar-refractivity contribution is 7.76. The summed E-state index contributed by atoms with van der Waals surface area (Å²) in [4.78, 5) is 0. The first-order valence-corrected chi connectivity index (χ1v) is 19.5. The van der Waals surface area contributed by atoms with E-state index in [0.717, 1.165) is 55.9 Å². The van der Waals surface area contributed by atoms with Crippen molar-refractivity contribution in [3.8, 4) is 27.9 Å². The fourth-order valence-corrected chi connectivity index (χ4v) is 10.9. The van der Waals surface area contributed by atoms with E-state index in [0.29, 0.717) is 0 Å². The molecule has 0 saturated heterocycles. The van der Waals surface area contributed by atoms with Gasteiger partial charge in [-0.3, -0.25) is 13.9 Å². The van der Waals surface area contributed by atoms with Crippen LogP contribution in [0.1, 0.15) is 0 Å². The van der Waals surface area contributed by atoms with Gasteiger partial charge in [-0.25, -0.2) is 0 Å². The minimum absolute atomic E-state index is 0.774. The van der Waals surface area contributed by atoms with E-state index in [4.69, 9.17) is 0 Å². The number of hydrogen-bond acceptors (Lipinski definition) is 1. The molecule has 0 fully saturated rings. The van der Waals surface area contributed by atoms with Crippen LogP contribution < -0.4 is 14.6 Å². The van der Waals surface area contributed by atoms with Crippen molar-refractivity contribution in [1.29, 1.82) is 0 Å². The van der Waals surface area contributed by atoms with E-state index in [9.17, 15) is 0 Å². The highest BCUT2D eigenvalue weighted by Crippen LogP contribution is 2.70. The van der Waals surface area contributed by atoms with Crippen molar-refractivity contribution in [2.45, 2.75) is 0 Å². The van der Waals surface area contributed by atoms with Gasteiger partial charge >= 0.3 is 7.44 Å². The Hall–Kier alpha value is -6.61. The largest absolute Gasteiger partial charge is 0.309 e. The van der Waals surface area contributed by atoms with Crippen LogP contribution in [-0.4, -0.2) is 4.57 Å². The van der Waals surface area contributed by atoms with Crippen molar-refractivity contribution in [3.05, 3.63) is 206 Å². The Balaban J connectivity index is 1.16. The second-order valence-corrected chi connectivity index (χ2v) is 15.8. The first-order valence-electron chi connectivity index (χ1n) is 17.9. The third kappa shape index (κ3) is 5.03. The molecule has 0 N–H and O–H groups in total. The molecule has 0 amide bonds. The average Bonchev–Trinajstić information content (AvgIpc) is 3.71. The number of fused-ring (bicyclic) bond motifs is 4. The van der Waals surface area contributed by atoms with Gasteiger partial charge < -0.3 is 4.57 Å². The van der Waals surface area contributed by atoms with Gasteiger partial charge in [-0.05, 0) is 101 Å². The summed E-state index contributed by atoms with van der Waals surface area (Å²) < 4.78 is 22.5. The maximum absolute atomic E-state index is 16.0. The summed E-state index contributed by atoms with van der Waals surface area (Å²) in [6.07, 6.45) is 0. The minimum atomic E-state index is -3.45. The van der Waals surface area contributed by atoms with Crippen LogP contribution in [0.3, 0.4) is 0 Å². The summed E-state index contributed by atoms with van der Waals surface area (Å²) in [7, 11) is -3.45. The van der Waals surface area contributed by atoms with Crippen molar-refractivity contribution in [3.63, 3.8) is 0 Å². The maximum Gasteiger partial charge on any atom is 0.301 e. The fraction of sp³-hybridized carbons (Fsp3) is 0. The number of nitrogens with zero attached hydrogens (tertiary/aromatic N) is 3. The Morgan fingerprint density at radius 3 is 1.57 bits per heavy atom. The van der Waals surface area contributed by atoms with Crippen LogP contribution in [0.15, 0.2) is 206 Å². The molecule has 4 nitrogen and oxygen atoms in total. The maximum atomic E-state index is 16.0. The van der Waals surface area contributed by atoms with Gasteiger partial charge in [-0.2, -0.15) is 0 Å². The van der Waals surface area contributed by atoms with Gasteiger partial charge in [-0.15, -0.1) is 0 Å². The molecule has 53 heavy (non-hydrogen) atoms. The molecule has 1 aromatic heterocycles. The zero-order chi connectivity index (χ0) is 35.4. The molecule has 0 aliphatic carbocycles. The first kappa shape index (κ1) is 31.2. The molecule has 2 heterocycles. The van der Waals surface area contributed by atoms with Gasteiger partial charge in [0.2, 0.25) is 0 Å². The van der Waals surface area contributed by atoms with Crippen LogP contribution in [0.4, 0.5) is 22.7 Å². The minimum Gasteiger partial charge on any atom is -0.309 e. The molecule has 10 rings (SSSR count). The number of rotatable bonds is 6. The second kappa shape index (κ2) is 12.6. The molecule has 8 aromatic carbocycles. The van der Waals surface area contributed by atoms with Gasteiger partial charge in [0.25, 0.3) is 0 Å². The Morgan fingerprint density at radius 2 is 0.849 bits per heavy atom. The number of aromatic nitrogens is 1. The van der Waals surface area contributed by atoms with Crippen molar-refractivity contribution in [2.75, 3.05) is 9.34 Å². The SMILES string of the molecule is O=P1(c2ccccc2)N(c2ccccc2)c2ccc(-c3ccc4c(c3)c3ccccc3n4-c3cccc(-c4ccccc4)c3)cc2N1c1ccccc1. The van der Waals surface area contributed by atoms with E-state index in [1.807, 2.05) is 91.0 Å². The molecule has 0 radical (unpaired) electrons. The van der Waals surface area contributed by atoms with Crippen molar-refractivity contribution in [2.24, 2.45) is 0 Å². The lowest BCUT2D eigenvalue weighted by molar-refractivity contribution is 0.582. The van der Waals surface area contributed by atoms with Crippen LogP contribution in [0.2, 0.25) is 0 Å². The Morgan fingerprint density at radius 1 is 0.340 bits per heavy atom. The van der Waals surface area contributed by atoms with Gasteiger partial charge in [0.05, 0.1) is 27.7 Å². The Bertz CT molecular complexity index is 2820. The molecule has 1 unspecified atom stereocenters. The molecule has 5 heteroatoms. The number of benzene rings is 8. The summed E-state index contributed by atoms with van der Waals surface area (Å²) in [5.74, 6) is 0. The quantitative estimate of drug-likeness (QED) is 0.162. The molecule has 1 atom stereocenters. The summed E-state index contributed by atoms with van der Waals surface area (Å²) >= 11 is 0. The average molecular weight is 700 g/mol. The molecular formula is C48H34N3OP. The monoisotopic (exact) mass is 699 g/mol. The third-order valence-electron chi connectivity index (χ3n) is 10.3. The Kier molecular flexibility index (Phi) is 7.38. The van der Waals surface area contributed by atoms with Crippen LogP contribution >= 0.6 is 7.44 Å². The normalized spacial score (nSPS) is 15.2. The molecule has 1 aliphatic rings. The van der Waals surface area contributed by atoms with Crippen molar-refractivity contribution >= 4 is 57.3 Å². The van der Waals surface area contributed by atoms with E-state index in [2.05, 4.69) is 129 Å². The molecular weight excluding hydrogens is 666 g/mol. The van der Waals surface area contributed by atoms with E-state index in [1.54, 1.807) is 0 Å². The predicted molar refractivity (Wildman–Crippen MR) is 222 cm³/mol. The molecule has 252 valence electrons. The summed E-state index contributed by atoms with van der Waals surface area (Å²) in [5, 5.41) is 3.16. The fourth-order valence-electron chi connectivity index (χ4n) is 7.90. The number of hydrogen-bond donors (Lipinski definition) is 0. The van der Waals surface area contributed by atoms with Crippen molar-refractivity contribution < 1.29 is 4.57 Å². The lowest BCUT2D eigenvalue weighted by atomic mass is 10.0. The van der Waals surface area contributed by atoms with Crippen LogP contribution in [-0.2, 0) is 4.57 Å². The summed E-state index contributed by atoms with van der Waals surface area (Å²) in [6.45, 7) is 0. The molecule has 0 bridgehead atoms. The van der Waals surface area contributed by atoms with Crippen molar-refractivity contribution in [1.82, 2.24) is 4.57 Å². The molecule has 1 aliphatic heterocycles. The smallest absolute Gasteiger partial charge is 0.301 e. The van der Waals surface area contributed by atoms with Crippen LogP contribution in [0.25, 0.3) is 49.7 Å². The van der Waals surface area contributed by atoms with E-state index < -0.39 is 7.44 Å². The topological polar surface area (TPSA) is 28.5 Å². The molecule has 0 spiro atoms. The Labute approximate surface area is 308 Å². The van der Waals surface area contributed by atoms with Gasteiger partial charge in [-0.1, -0.05) is 127 Å². The van der Waals surface area contributed by atoms with Gasteiger partial charge in [0, 0.05) is 27.8 Å². The molecule has 0 saturated carbocycles. The van der Waals surface area contributed by atoms with E-state index >= 15 is 4.57 Å². The lowest BCUT2D eigenvalue weighted by Crippen LogP contribution is -2.26. The van der Waals surface area contributed by atoms with E-state index in [-0.39, 0.29) is 0 Å². The molecule has 9 aromatic rings. The third-order valence-corrected chi connectivity index (χ3v) is 13.2. The van der Waals surface area contributed by atoms with Gasteiger partial charge in [0.15, 0.2) is 0 Å². The van der Waals surface area contributed by atoms with Crippen LogP contribution in [0.5, 0.6) is 0 Å².